The minimum atomic E-state index is 0.301. The Kier molecular flexibility index (Phi) is 6.97. The van der Waals surface area contributed by atoms with Gasteiger partial charge in [-0.1, -0.05) is 0 Å². The van der Waals surface area contributed by atoms with Gasteiger partial charge < -0.3 is 0 Å². The van der Waals surface area contributed by atoms with Crippen LogP contribution < -0.4 is 26.9 Å². The maximum atomic E-state index is 5.36. The molecule has 52 valence electrons. The first-order valence-corrected chi connectivity index (χ1v) is 6.05. The van der Waals surface area contributed by atoms with Crippen LogP contribution in [0.5, 0.6) is 0 Å². The molecule has 1 unspecified atom stereocenters. The Balaban J connectivity index is 2.86. The summed E-state index contributed by atoms with van der Waals surface area (Å²) in [6.45, 7) is 2.97. The Bertz CT molecular complexity index is 51.7. The summed E-state index contributed by atoms with van der Waals surface area (Å²) in [5, 5.41) is 0. The van der Waals surface area contributed by atoms with E-state index in [-0.39, 0.29) is 0 Å². The van der Waals surface area contributed by atoms with Gasteiger partial charge in [-0.2, -0.15) is 0 Å². The number of halogens is 1. The predicted molar refractivity (Wildman–Crippen MR) is 37.0 cm³/mol. The number of hydrogen-bond donors (Lipinski definition) is 2. The fourth-order valence-corrected chi connectivity index (χ4v) is 2.65. The van der Waals surface area contributed by atoms with Gasteiger partial charge >= 0.3 is 67.1 Å². The molecule has 0 aromatic rings. The summed E-state index contributed by atoms with van der Waals surface area (Å²) in [6, 6.07) is 0. The number of thiol groups is 1. The van der Waals surface area contributed by atoms with Crippen molar-refractivity contribution in [2.24, 2.45) is 5.73 Å². The molecule has 0 aromatic heterocycles. The van der Waals surface area contributed by atoms with Gasteiger partial charge in [-0.25, -0.2) is 0 Å². The standard InChI is InChI=1S/C5H13INS/c1-2-3-6-5(8)4-7/h5,8H,2-4,7H2,1H3/q-1. The van der Waals surface area contributed by atoms with Crippen LogP contribution >= 0.6 is 12.6 Å². The molecule has 0 aliphatic heterocycles. The number of nitrogens with two attached hydrogens (primary N) is 1. The molecule has 0 aliphatic rings. The molecular formula is C5H13INS-. The van der Waals surface area contributed by atoms with Gasteiger partial charge in [-0.3, -0.25) is 0 Å². The van der Waals surface area contributed by atoms with E-state index in [1.54, 1.807) is 0 Å². The molecule has 0 bridgehead atoms. The van der Waals surface area contributed by atoms with Gasteiger partial charge in [-0.05, 0) is 0 Å². The third-order valence-corrected chi connectivity index (χ3v) is 5.03. The predicted octanol–water partition coefficient (Wildman–Crippen LogP) is -2.30. The molecule has 8 heavy (non-hydrogen) atoms. The second kappa shape index (κ2) is 6.16. The average Bonchev–Trinajstić information content (AvgIpc) is 1.83. The Morgan fingerprint density at radius 3 is 2.75 bits per heavy atom. The van der Waals surface area contributed by atoms with Crippen LogP contribution in [0.1, 0.15) is 13.3 Å². The summed E-state index contributed by atoms with van der Waals surface area (Å²) in [4.78, 5) is 0. The Labute approximate surface area is 67.1 Å². The summed E-state index contributed by atoms with van der Waals surface area (Å²) in [5.41, 5.74) is 5.36. The molecule has 1 atom stereocenters. The van der Waals surface area contributed by atoms with Crippen LogP contribution in [-0.2, 0) is 0 Å². The van der Waals surface area contributed by atoms with Crippen molar-refractivity contribution in [3.8, 4) is 0 Å². The van der Waals surface area contributed by atoms with Gasteiger partial charge in [0.1, 0.15) is 0 Å². The van der Waals surface area contributed by atoms with Crippen molar-refractivity contribution < 1.29 is 21.2 Å². The van der Waals surface area contributed by atoms with Gasteiger partial charge in [-0.15, -0.1) is 0 Å². The Morgan fingerprint density at radius 2 is 2.38 bits per heavy atom. The molecule has 3 heteroatoms. The minimum absolute atomic E-state index is 0.301. The van der Waals surface area contributed by atoms with Gasteiger partial charge in [0.25, 0.3) is 0 Å². The number of hydrogen-bond acceptors (Lipinski definition) is 2. The number of rotatable bonds is 4. The Hall–Kier alpha value is 1.04. The molecule has 0 aliphatic carbocycles. The normalized spacial score (nSPS) is 14.4. The number of alkyl halides is 2. The van der Waals surface area contributed by atoms with Crippen molar-refractivity contribution in [3.05, 3.63) is 0 Å². The third-order valence-electron chi connectivity index (χ3n) is 0.671. The van der Waals surface area contributed by atoms with Crippen molar-refractivity contribution in [2.45, 2.75) is 16.6 Å². The van der Waals surface area contributed by atoms with Crippen molar-refractivity contribution in [2.75, 3.05) is 11.0 Å². The Morgan fingerprint density at radius 1 is 1.75 bits per heavy atom. The van der Waals surface area contributed by atoms with E-state index in [1.165, 1.54) is 10.8 Å². The molecular weight excluding hydrogens is 233 g/mol. The molecule has 0 saturated heterocycles. The van der Waals surface area contributed by atoms with E-state index in [1.807, 2.05) is 0 Å². The first kappa shape index (κ1) is 9.04. The van der Waals surface area contributed by atoms with Crippen LogP contribution in [0.4, 0.5) is 0 Å². The first-order chi connectivity index (χ1) is 3.81. The summed E-state index contributed by atoms with van der Waals surface area (Å²) < 4.78 is 1.90. The molecule has 2 N–H and O–H groups in total. The van der Waals surface area contributed by atoms with E-state index in [9.17, 15) is 0 Å². The van der Waals surface area contributed by atoms with Crippen molar-refractivity contribution in [3.63, 3.8) is 0 Å². The van der Waals surface area contributed by atoms with Gasteiger partial charge in [0.05, 0.1) is 0 Å². The first-order valence-electron chi connectivity index (χ1n) is 2.77. The van der Waals surface area contributed by atoms with E-state index in [0.717, 1.165) is 6.54 Å². The topological polar surface area (TPSA) is 26.0 Å². The molecule has 0 saturated carbocycles. The maximum absolute atomic E-state index is 5.36. The van der Waals surface area contributed by atoms with Crippen LogP contribution in [-0.4, -0.2) is 14.2 Å². The molecule has 0 spiro atoms. The van der Waals surface area contributed by atoms with Crippen LogP contribution in [0, 0.1) is 0 Å². The fraction of sp³-hybridized carbons (Fsp3) is 1.00. The zero-order valence-corrected chi connectivity index (χ0v) is 8.15. The average molecular weight is 246 g/mol. The van der Waals surface area contributed by atoms with Gasteiger partial charge in [0.2, 0.25) is 0 Å². The summed E-state index contributed by atoms with van der Waals surface area (Å²) in [5.74, 6) is 0. The zero-order chi connectivity index (χ0) is 6.41. The monoisotopic (exact) mass is 246 g/mol. The quantitative estimate of drug-likeness (QED) is 0.326. The van der Waals surface area contributed by atoms with Gasteiger partial charge in [0.15, 0.2) is 0 Å². The molecule has 0 aromatic carbocycles. The molecule has 0 fully saturated rings. The van der Waals surface area contributed by atoms with Crippen LogP contribution in [0.2, 0.25) is 0 Å². The summed E-state index contributed by atoms with van der Waals surface area (Å²) in [7, 11) is 0. The zero-order valence-electron chi connectivity index (χ0n) is 5.10. The van der Waals surface area contributed by atoms with Crippen LogP contribution in [0.3, 0.4) is 0 Å². The van der Waals surface area contributed by atoms with Crippen molar-refractivity contribution in [1.82, 2.24) is 0 Å². The van der Waals surface area contributed by atoms with Crippen LogP contribution in [0.15, 0.2) is 0 Å². The van der Waals surface area contributed by atoms with Crippen molar-refractivity contribution >= 4 is 12.6 Å². The van der Waals surface area contributed by atoms with E-state index in [4.69, 9.17) is 5.73 Å². The molecule has 0 amide bonds. The summed E-state index contributed by atoms with van der Waals surface area (Å²) in [6.07, 6.45) is 1.30. The van der Waals surface area contributed by atoms with Gasteiger partial charge in [0, 0.05) is 0 Å². The molecule has 0 rings (SSSR count). The van der Waals surface area contributed by atoms with E-state index in [0.29, 0.717) is 24.5 Å². The molecule has 0 radical (unpaired) electrons. The van der Waals surface area contributed by atoms with E-state index >= 15 is 0 Å². The van der Waals surface area contributed by atoms with Crippen molar-refractivity contribution in [1.29, 1.82) is 0 Å². The second-order valence-electron chi connectivity index (χ2n) is 1.51. The molecule has 0 heterocycles. The fourth-order valence-electron chi connectivity index (χ4n) is 0.298. The molecule has 1 nitrogen and oxygen atoms in total. The SMILES string of the molecule is CCC[I-]C(S)CN. The van der Waals surface area contributed by atoms with Crippen LogP contribution in [0.25, 0.3) is 0 Å². The van der Waals surface area contributed by atoms with E-state index < -0.39 is 0 Å². The second-order valence-corrected chi connectivity index (χ2v) is 6.59. The summed E-state index contributed by atoms with van der Waals surface area (Å²) >= 11 is 4.59. The third kappa shape index (κ3) is 5.18. The van der Waals surface area contributed by atoms with E-state index in [2.05, 4.69) is 19.6 Å².